The highest BCUT2D eigenvalue weighted by molar-refractivity contribution is 9.10. The fraction of sp³-hybridized carbons (Fsp3) is 0. The molecule has 0 fully saturated rings. The van der Waals surface area contributed by atoms with Gasteiger partial charge in [-0.05, 0) is 23.3 Å². The van der Waals surface area contributed by atoms with Gasteiger partial charge in [-0.1, -0.05) is 58.4 Å². The molecule has 0 aliphatic carbocycles. The lowest BCUT2D eigenvalue weighted by Gasteiger charge is -2.02. The van der Waals surface area contributed by atoms with Crippen LogP contribution in [0.4, 0.5) is 0 Å². The second kappa shape index (κ2) is 5.06. The highest BCUT2D eigenvalue weighted by Gasteiger charge is 2.03. The molecule has 0 saturated heterocycles. The third kappa shape index (κ3) is 2.88. The standard InChI is InChI=1S/C14H11BrO2/c15-12-9-14(17)13(16)8-11(12)7-6-10-4-2-1-3-5-10/h1-9,16-17H. The molecule has 2 N–H and O–H groups in total. The summed E-state index contributed by atoms with van der Waals surface area (Å²) in [5, 5.41) is 18.7. The molecule has 0 amide bonds. The lowest BCUT2D eigenvalue weighted by molar-refractivity contribution is 0.403. The normalized spacial score (nSPS) is 10.9. The van der Waals surface area contributed by atoms with E-state index >= 15 is 0 Å². The summed E-state index contributed by atoms with van der Waals surface area (Å²) in [5.74, 6) is -0.255. The van der Waals surface area contributed by atoms with Gasteiger partial charge in [0.05, 0.1) is 0 Å². The molecule has 3 heteroatoms. The van der Waals surface area contributed by atoms with Crippen LogP contribution in [0.5, 0.6) is 11.5 Å². The molecular formula is C14H11BrO2. The molecule has 2 aromatic rings. The first-order valence-electron chi connectivity index (χ1n) is 5.11. The van der Waals surface area contributed by atoms with Crippen LogP contribution in [0.2, 0.25) is 0 Å². The Hall–Kier alpha value is -1.74. The zero-order valence-electron chi connectivity index (χ0n) is 8.97. The number of phenolic OH excluding ortho intramolecular Hbond substituents is 2. The summed E-state index contributed by atoms with van der Waals surface area (Å²) in [6, 6.07) is 12.8. The maximum absolute atomic E-state index is 9.42. The first-order valence-corrected chi connectivity index (χ1v) is 5.91. The largest absolute Gasteiger partial charge is 0.504 e. The molecule has 86 valence electrons. The van der Waals surface area contributed by atoms with Gasteiger partial charge in [-0.15, -0.1) is 0 Å². The SMILES string of the molecule is Oc1cc(Br)c(C=Cc2ccccc2)cc1O. The molecule has 0 atom stereocenters. The quantitative estimate of drug-likeness (QED) is 0.648. The van der Waals surface area contributed by atoms with Crippen molar-refractivity contribution < 1.29 is 10.2 Å². The molecule has 17 heavy (non-hydrogen) atoms. The highest BCUT2D eigenvalue weighted by Crippen LogP contribution is 2.32. The molecule has 0 bridgehead atoms. The number of hydrogen-bond donors (Lipinski definition) is 2. The predicted molar refractivity (Wildman–Crippen MR) is 72.8 cm³/mol. The second-order valence-corrected chi connectivity index (χ2v) is 4.46. The van der Waals surface area contributed by atoms with Crippen LogP contribution in [0.25, 0.3) is 12.2 Å². The maximum Gasteiger partial charge on any atom is 0.158 e. The Morgan fingerprint density at radius 1 is 0.882 bits per heavy atom. The Balaban J connectivity index is 2.31. The van der Waals surface area contributed by atoms with Gasteiger partial charge in [0.2, 0.25) is 0 Å². The first kappa shape index (κ1) is 11.7. The van der Waals surface area contributed by atoms with E-state index in [1.807, 2.05) is 42.5 Å². The maximum atomic E-state index is 9.42. The van der Waals surface area contributed by atoms with Crippen molar-refractivity contribution in [3.8, 4) is 11.5 Å². The molecule has 0 heterocycles. The van der Waals surface area contributed by atoms with Gasteiger partial charge < -0.3 is 10.2 Å². The van der Waals surface area contributed by atoms with Crippen LogP contribution >= 0.6 is 15.9 Å². The highest BCUT2D eigenvalue weighted by atomic mass is 79.9. The molecular weight excluding hydrogens is 280 g/mol. The van der Waals surface area contributed by atoms with Gasteiger partial charge in [0.15, 0.2) is 11.5 Å². The van der Waals surface area contributed by atoms with Crippen LogP contribution in [-0.4, -0.2) is 10.2 Å². The fourth-order valence-electron chi connectivity index (χ4n) is 1.45. The van der Waals surface area contributed by atoms with Gasteiger partial charge in [0, 0.05) is 4.47 Å². The lowest BCUT2D eigenvalue weighted by atomic mass is 10.1. The summed E-state index contributed by atoms with van der Waals surface area (Å²) in [5.41, 5.74) is 1.89. The second-order valence-electron chi connectivity index (χ2n) is 3.61. The Morgan fingerprint density at radius 2 is 1.53 bits per heavy atom. The average molecular weight is 291 g/mol. The third-order valence-corrected chi connectivity index (χ3v) is 3.04. The summed E-state index contributed by atoms with van der Waals surface area (Å²) in [6.07, 6.45) is 3.81. The van der Waals surface area contributed by atoms with E-state index < -0.39 is 0 Å². The number of halogens is 1. The lowest BCUT2D eigenvalue weighted by Crippen LogP contribution is -1.77. The van der Waals surface area contributed by atoms with Gasteiger partial charge in [0.25, 0.3) is 0 Å². The van der Waals surface area contributed by atoms with Crippen molar-refractivity contribution >= 4 is 28.1 Å². The Bertz CT molecular complexity index is 548. The average Bonchev–Trinajstić information content (AvgIpc) is 2.33. The van der Waals surface area contributed by atoms with Crippen LogP contribution < -0.4 is 0 Å². The topological polar surface area (TPSA) is 40.5 Å². The molecule has 2 aromatic carbocycles. The molecule has 0 aliphatic heterocycles. The van der Waals surface area contributed by atoms with Crippen LogP contribution in [-0.2, 0) is 0 Å². The number of phenols is 2. The van der Waals surface area contributed by atoms with E-state index in [1.54, 1.807) is 0 Å². The minimum Gasteiger partial charge on any atom is -0.504 e. The summed E-state index contributed by atoms with van der Waals surface area (Å²) >= 11 is 3.33. The molecule has 0 saturated carbocycles. The number of benzene rings is 2. The van der Waals surface area contributed by atoms with Gasteiger partial charge in [-0.3, -0.25) is 0 Å². The van der Waals surface area contributed by atoms with Crippen molar-refractivity contribution in [3.63, 3.8) is 0 Å². The zero-order chi connectivity index (χ0) is 12.3. The summed E-state index contributed by atoms with van der Waals surface area (Å²) in [4.78, 5) is 0. The predicted octanol–water partition coefficient (Wildman–Crippen LogP) is 4.03. The first-order chi connectivity index (χ1) is 8.16. The number of hydrogen-bond acceptors (Lipinski definition) is 2. The van der Waals surface area contributed by atoms with Crippen LogP contribution in [0.15, 0.2) is 46.9 Å². The smallest absolute Gasteiger partial charge is 0.158 e. The Morgan fingerprint density at radius 3 is 2.24 bits per heavy atom. The molecule has 0 aliphatic rings. The van der Waals surface area contributed by atoms with Crippen molar-refractivity contribution in [1.29, 1.82) is 0 Å². The number of aromatic hydroxyl groups is 2. The van der Waals surface area contributed by atoms with E-state index in [9.17, 15) is 10.2 Å². The zero-order valence-corrected chi connectivity index (χ0v) is 10.6. The minimum atomic E-state index is -0.131. The van der Waals surface area contributed by atoms with Gasteiger partial charge in [0.1, 0.15) is 0 Å². The molecule has 0 unspecified atom stereocenters. The van der Waals surface area contributed by atoms with E-state index in [4.69, 9.17) is 0 Å². The van der Waals surface area contributed by atoms with E-state index in [0.717, 1.165) is 15.6 Å². The fourth-order valence-corrected chi connectivity index (χ4v) is 1.91. The van der Waals surface area contributed by atoms with Crippen molar-refractivity contribution in [3.05, 3.63) is 58.1 Å². The molecule has 2 nitrogen and oxygen atoms in total. The molecule has 2 rings (SSSR count). The Kier molecular flexibility index (Phi) is 3.49. The molecule has 0 radical (unpaired) electrons. The molecule has 0 aromatic heterocycles. The van der Waals surface area contributed by atoms with E-state index in [-0.39, 0.29) is 11.5 Å². The summed E-state index contributed by atoms with van der Waals surface area (Å²) in [7, 11) is 0. The van der Waals surface area contributed by atoms with Crippen molar-refractivity contribution in [2.45, 2.75) is 0 Å². The van der Waals surface area contributed by atoms with Gasteiger partial charge >= 0.3 is 0 Å². The van der Waals surface area contributed by atoms with Crippen LogP contribution in [0.1, 0.15) is 11.1 Å². The van der Waals surface area contributed by atoms with Gasteiger partial charge in [-0.2, -0.15) is 0 Å². The Labute approximate surface area is 108 Å². The van der Waals surface area contributed by atoms with E-state index in [0.29, 0.717) is 0 Å². The molecule has 0 spiro atoms. The number of rotatable bonds is 2. The van der Waals surface area contributed by atoms with E-state index in [2.05, 4.69) is 15.9 Å². The van der Waals surface area contributed by atoms with Crippen LogP contribution in [0.3, 0.4) is 0 Å². The third-order valence-electron chi connectivity index (χ3n) is 2.35. The van der Waals surface area contributed by atoms with Crippen molar-refractivity contribution in [1.82, 2.24) is 0 Å². The monoisotopic (exact) mass is 290 g/mol. The van der Waals surface area contributed by atoms with E-state index in [1.165, 1.54) is 12.1 Å². The van der Waals surface area contributed by atoms with Crippen molar-refractivity contribution in [2.75, 3.05) is 0 Å². The summed E-state index contributed by atoms with van der Waals surface area (Å²) in [6.45, 7) is 0. The van der Waals surface area contributed by atoms with Gasteiger partial charge in [-0.25, -0.2) is 0 Å². The summed E-state index contributed by atoms with van der Waals surface area (Å²) < 4.78 is 0.736. The minimum absolute atomic E-state index is 0.124. The van der Waals surface area contributed by atoms with Crippen molar-refractivity contribution in [2.24, 2.45) is 0 Å². The van der Waals surface area contributed by atoms with Crippen LogP contribution in [0, 0.1) is 0 Å².